The SMILES string of the molecule is CC(C)N(Cc1nnc(-c2ccccc2)o1)C(=O)C=Cc1cccs1. The second kappa shape index (κ2) is 7.90. The molecule has 0 spiro atoms. The van der Waals surface area contributed by atoms with Crippen molar-refractivity contribution < 1.29 is 9.21 Å². The molecule has 0 radical (unpaired) electrons. The van der Waals surface area contributed by atoms with Crippen molar-refractivity contribution in [1.29, 1.82) is 0 Å². The smallest absolute Gasteiger partial charge is 0.247 e. The summed E-state index contributed by atoms with van der Waals surface area (Å²) < 4.78 is 5.71. The third-order valence-electron chi connectivity index (χ3n) is 3.63. The molecule has 0 N–H and O–H groups in total. The highest BCUT2D eigenvalue weighted by Crippen LogP contribution is 2.18. The highest BCUT2D eigenvalue weighted by Gasteiger charge is 2.19. The molecule has 0 saturated carbocycles. The Kier molecular flexibility index (Phi) is 5.40. The van der Waals surface area contributed by atoms with E-state index in [4.69, 9.17) is 4.42 Å². The first-order valence-corrected chi connectivity index (χ1v) is 8.91. The van der Waals surface area contributed by atoms with Crippen molar-refractivity contribution in [3.8, 4) is 11.5 Å². The van der Waals surface area contributed by atoms with Crippen LogP contribution in [0.2, 0.25) is 0 Å². The zero-order valence-electron chi connectivity index (χ0n) is 14.1. The number of carbonyl (C=O) groups is 1. The molecular formula is C19H19N3O2S. The van der Waals surface area contributed by atoms with E-state index in [1.165, 1.54) is 0 Å². The minimum Gasteiger partial charge on any atom is -0.419 e. The number of hydrogen-bond acceptors (Lipinski definition) is 5. The Hall–Kier alpha value is -2.73. The van der Waals surface area contributed by atoms with Gasteiger partial charge in [0.25, 0.3) is 0 Å². The van der Waals surface area contributed by atoms with Gasteiger partial charge in [-0.25, -0.2) is 0 Å². The predicted octanol–water partition coefficient (Wildman–Crippen LogP) is 4.25. The van der Waals surface area contributed by atoms with Crippen LogP contribution in [0.25, 0.3) is 17.5 Å². The maximum Gasteiger partial charge on any atom is 0.247 e. The standard InChI is InChI=1S/C19H19N3O2S/c1-14(2)22(18(23)11-10-16-9-6-12-25-16)13-17-20-21-19(24-17)15-7-4-3-5-8-15/h3-12,14H,13H2,1-2H3. The molecule has 5 nitrogen and oxygen atoms in total. The Morgan fingerprint density at radius 2 is 2.00 bits per heavy atom. The third-order valence-corrected chi connectivity index (χ3v) is 4.47. The summed E-state index contributed by atoms with van der Waals surface area (Å²) in [4.78, 5) is 15.3. The molecule has 128 valence electrons. The quantitative estimate of drug-likeness (QED) is 0.622. The second-order valence-corrected chi connectivity index (χ2v) is 6.75. The molecule has 6 heteroatoms. The largest absolute Gasteiger partial charge is 0.419 e. The van der Waals surface area contributed by atoms with E-state index in [0.29, 0.717) is 11.8 Å². The molecule has 0 saturated heterocycles. The summed E-state index contributed by atoms with van der Waals surface area (Å²) >= 11 is 1.59. The maximum atomic E-state index is 12.5. The fraction of sp³-hybridized carbons (Fsp3) is 0.211. The lowest BCUT2D eigenvalue weighted by Crippen LogP contribution is -2.35. The van der Waals surface area contributed by atoms with E-state index in [1.54, 1.807) is 22.3 Å². The zero-order chi connectivity index (χ0) is 17.6. The average Bonchev–Trinajstić information content (AvgIpc) is 3.30. The van der Waals surface area contributed by atoms with Crippen molar-refractivity contribution in [3.63, 3.8) is 0 Å². The van der Waals surface area contributed by atoms with E-state index in [2.05, 4.69) is 10.2 Å². The second-order valence-electron chi connectivity index (χ2n) is 5.78. The molecule has 2 aromatic heterocycles. The van der Waals surface area contributed by atoms with Gasteiger partial charge in [-0.15, -0.1) is 21.5 Å². The molecule has 0 fully saturated rings. The lowest BCUT2D eigenvalue weighted by atomic mass is 10.2. The van der Waals surface area contributed by atoms with Crippen LogP contribution < -0.4 is 0 Å². The van der Waals surface area contributed by atoms with Crippen molar-refractivity contribution in [2.45, 2.75) is 26.4 Å². The number of aromatic nitrogens is 2. The van der Waals surface area contributed by atoms with Gasteiger partial charge in [0.05, 0.1) is 6.54 Å². The van der Waals surface area contributed by atoms with Crippen LogP contribution >= 0.6 is 11.3 Å². The number of benzene rings is 1. The van der Waals surface area contributed by atoms with E-state index in [-0.39, 0.29) is 18.5 Å². The van der Waals surface area contributed by atoms with Gasteiger partial charge in [-0.1, -0.05) is 24.3 Å². The molecule has 0 bridgehead atoms. The van der Waals surface area contributed by atoms with Crippen LogP contribution in [0, 0.1) is 0 Å². The zero-order valence-corrected chi connectivity index (χ0v) is 14.9. The molecule has 0 aliphatic rings. The fourth-order valence-electron chi connectivity index (χ4n) is 2.31. The molecule has 0 unspecified atom stereocenters. The van der Waals surface area contributed by atoms with E-state index in [1.807, 2.05) is 67.8 Å². The summed E-state index contributed by atoms with van der Waals surface area (Å²) in [6.07, 6.45) is 3.41. The van der Waals surface area contributed by atoms with Crippen LogP contribution in [0.1, 0.15) is 24.6 Å². The summed E-state index contributed by atoms with van der Waals surface area (Å²) in [5, 5.41) is 10.1. The average molecular weight is 353 g/mol. The first-order chi connectivity index (χ1) is 12.1. The molecule has 2 heterocycles. The predicted molar refractivity (Wildman–Crippen MR) is 98.8 cm³/mol. The van der Waals surface area contributed by atoms with Crippen molar-refractivity contribution in [2.24, 2.45) is 0 Å². The number of thiophene rings is 1. The number of carbonyl (C=O) groups excluding carboxylic acids is 1. The van der Waals surface area contributed by atoms with Gasteiger partial charge in [0.2, 0.25) is 17.7 Å². The van der Waals surface area contributed by atoms with Gasteiger partial charge in [0.15, 0.2) is 0 Å². The van der Waals surface area contributed by atoms with E-state index >= 15 is 0 Å². The highest BCUT2D eigenvalue weighted by molar-refractivity contribution is 7.10. The Balaban J connectivity index is 1.72. The van der Waals surface area contributed by atoms with Crippen molar-refractivity contribution >= 4 is 23.3 Å². The summed E-state index contributed by atoms with van der Waals surface area (Å²) in [5.74, 6) is 0.800. The van der Waals surface area contributed by atoms with Gasteiger partial charge in [-0.3, -0.25) is 4.79 Å². The highest BCUT2D eigenvalue weighted by atomic mass is 32.1. The molecule has 0 atom stereocenters. The van der Waals surface area contributed by atoms with E-state index < -0.39 is 0 Å². The molecule has 0 aliphatic carbocycles. The van der Waals surface area contributed by atoms with Crippen LogP contribution in [0.3, 0.4) is 0 Å². The summed E-state index contributed by atoms with van der Waals surface area (Å²) in [7, 11) is 0. The van der Waals surface area contributed by atoms with Crippen LogP contribution in [-0.2, 0) is 11.3 Å². The molecule has 1 aromatic carbocycles. The minimum absolute atomic E-state index is 0.0209. The maximum absolute atomic E-state index is 12.5. The van der Waals surface area contributed by atoms with Gasteiger partial charge in [0, 0.05) is 22.6 Å². The lowest BCUT2D eigenvalue weighted by Gasteiger charge is -2.23. The summed E-state index contributed by atoms with van der Waals surface area (Å²) in [5.41, 5.74) is 0.862. The van der Waals surface area contributed by atoms with Crippen LogP contribution in [0.15, 0.2) is 58.3 Å². The summed E-state index contributed by atoms with van der Waals surface area (Å²) in [6.45, 7) is 4.21. The van der Waals surface area contributed by atoms with Crippen molar-refractivity contribution in [3.05, 3.63) is 64.7 Å². The topological polar surface area (TPSA) is 59.2 Å². The monoisotopic (exact) mass is 353 g/mol. The van der Waals surface area contributed by atoms with Crippen LogP contribution in [-0.4, -0.2) is 27.0 Å². The summed E-state index contributed by atoms with van der Waals surface area (Å²) in [6, 6.07) is 13.5. The number of hydrogen-bond donors (Lipinski definition) is 0. The van der Waals surface area contributed by atoms with Crippen LogP contribution in [0.5, 0.6) is 0 Å². The fourth-order valence-corrected chi connectivity index (χ4v) is 2.93. The van der Waals surface area contributed by atoms with Gasteiger partial charge in [0.1, 0.15) is 0 Å². The number of nitrogens with zero attached hydrogens (tertiary/aromatic N) is 3. The molecule has 3 rings (SSSR count). The minimum atomic E-state index is -0.0807. The molecule has 25 heavy (non-hydrogen) atoms. The number of amides is 1. The lowest BCUT2D eigenvalue weighted by molar-refractivity contribution is -0.128. The Morgan fingerprint density at radius 3 is 2.68 bits per heavy atom. The van der Waals surface area contributed by atoms with E-state index in [0.717, 1.165) is 10.4 Å². The molecule has 0 aliphatic heterocycles. The Morgan fingerprint density at radius 1 is 1.20 bits per heavy atom. The van der Waals surface area contributed by atoms with Gasteiger partial charge in [-0.2, -0.15) is 0 Å². The molecule has 1 amide bonds. The van der Waals surface area contributed by atoms with Gasteiger partial charge < -0.3 is 9.32 Å². The first-order valence-electron chi connectivity index (χ1n) is 8.03. The Labute approximate surface area is 150 Å². The van der Waals surface area contributed by atoms with Gasteiger partial charge in [-0.05, 0) is 43.5 Å². The number of rotatable bonds is 6. The van der Waals surface area contributed by atoms with E-state index in [9.17, 15) is 4.79 Å². The third kappa shape index (κ3) is 4.42. The first kappa shape index (κ1) is 17.1. The van der Waals surface area contributed by atoms with Crippen LogP contribution in [0.4, 0.5) is 0 Å². The molecule has 3 aromatic rings. The van der Waals surface area contributed by atoms with Crippen molar-refractivity contribution in [2.75, 3.05) is 0 Å². The molecular weight excluding hydrogens is 334 g/mol. The van der Waals surface area contributed by atoms with Crippen molar-refractivity contribution in [1.82, 2.24) is 15.1 Å². The van der Waals surface area contributed by atoms with Gasteiger partial charge >= 0.3 is 0 Å². The Bertz CT molecular complexity index is 839. The normalized spacial score (nSPS) is 11.3.